The lowest BCUT2D eigenvalue weighted by atomic mass is 10.2. The van der Waals surface area contributed by atoms with Crippen molar-refractivity contribution >= 4 is 16.9 Å². The number of furan rings is 1. The van der Waals surface area contributed by atoms with Crippen LogP contribution >= 0.6 is 0 Å². The number of carbonyl (C=O) groups excluding carboxylic acids is 1. The zero-order chi connectivity index (χ0) is 18.5. The van der Waals surface area contributed by atoms with Gasteiger partial charge in [-0.05, 0) is 37.6 Å². The second-order valence-corrected chi connectivity index (χ2v) is 6.28. The summed E-state index contributed by atoms with van der Waals surface area (Å²) in [4.78, 5) is 14.1. The van der Waals surface area contributed by atoms with Crippen LogP contribution in [0.15, 0.2) is 59.0 Å². The van der Waals surface area contributed by atoms with Gasteiger partial charge in [-0.25, -0.2) is 4.39 Å². The third kappa shape index (κ3) is 4.23. The molecule has 1 aromatic heterocycles. The summed E-state index contributed by atoms with van der Waals surface area (Å²) >= 11 is 0. The van der Waals surface area contributed by atoms with Gasteiger partial charge in [0.15, 0.2) is 0 Å². The van der Waals surface area contributed by atoms with Crippen LogP contribution in [0.2, 0.25) is 0 Å². The summed E-state index contributed by atoms with van der Waals surface area (Å²) in [5.74, 6) is 0.915. The molecule has 136 valence electrons. The molecule has 1 amide bonds. The lowest BCUT2D eigenvalue weighted by Gasteiger charge is -2.23. The number of hydrogen-bond donors (Lipinski definition) is 0. The average molecular weight is 355 g/mol. The second-order valence-electron chi connectivity index (χ2n) is 6.28. The highest BCUT2D eigenvalue weighted by Gasteiger charge is 2.20. The summed E-state index contributed by atoms with van der Waals surface area (Å²) in [6.07, 6.45) is 0.920. The number of ether oxygens (including phenoxy) is 1. The summed E-state index contributed by atoms with van der Waals surface area (Å²) < 4.78 is 24.4. The number of benzene rings is 2. The Hall–Kier alpha value is -2.82. The third-order valence-electron chi connectivity index (χ3n) is 4.43. The Kier molecular flexibility index (Phi) is 5.56. The van der Waals surface area contributed by atoms with Gasteiger partial charge in [-0.2, -0.15) is 0 Å². The Balaban J connectivity index is 1.50. The van der Waals surface area contributed by atoms with Gasteiger partial charge in [0, 0.05) is 24.9 Å². The fourth-order valence-electron chi connectivity index (χ4n) is 2.76. The molecule has 1 atom stereocenters. The van der Waals surface area contributed by atoms with E-state index in [2.05, 4.69) is 0 Å². The number of halogens is 1. The van der Waals surface area contributed by atoms with Crippen molar-refractivity contribution < 1.29 is 18.3 Å². The molecule has 0 bridgehead atoms. The van der Waals surface area contributed by atoms with Crippen LogP contribution < -0.4 is 4.74 Å². The minimum Gasteiger partial charge on any atom is -0.493 e. The summed E-state index contributed by atoms with van der Waals surface area (Å²) in [5.41, 5.74) is 0.818. The van der Waals surface area contributed by atoms with Crippen molar-refractivity contribution in [3.05, 3.63) is 66.2 Å². The van der Waals surface area contributed by atoms with Gasteiger partial charge in [-0.1, -0.05) is 24.3 Å². The van der Waals surface area contributed by atoms with Gasteiger partial charge in [-0.15, -0.1) is 0 Å². The highest BCUT2D eigenvalue weighted by Crippen LogP contribution is 2.27. The van der Waals surface area contributed by atoms with E-state index in [1.165, 1.54) is 12.1 Å². The SMILES string of the molecule is CC(c1cc2ccccc2o1)N(C)C(=O)CCCOc1cccc(F)c1. The molecule has 3 rings (SSSR count). The van der Waals surface area contributed by atoms with E-state index < -0.39 is 0 Å². The molecular weight excluding hydrogens is 333 g/mol. The quantitative estimate of drug-likeness (QED) is 0.563. The van der Waals surface area contributed by atoms with Crippen molar-refractivity contribution in [2.45, 2.75) is 25.8 Å². The van der Waals surface area contributed by atoms with Crippen molar-refractivity contribution in [3.8, 4) is 5.75 Å². The minimum absolute atomic E-state index is 0.0146. The lowest BCUT2D eigenvalue weighted by Crippen LogP contribution is -2.29. The summed E-state index contributed by atoms with van der Waals surface area (Å²) in [6.45, 7) is 2.31. The Morgan fingerprint density at radius 2 is 2.00 bits per heavy atom. The van der Waals surface area contributed by atoms with Crippen molar-refractivity contribution in [2.24, 2.45) is 0 Å². The number of nitrogens with zero attached hydrogens (tertiary/aromatic N) is 1. The molecule has 0 fully saturated rings. The van der Waals surface area contributed by atoms with E-state index in [4.69, 9.17) is 9.15 Å². The van der Waals surface area contributed by atoms with E-state index in [1.807, 2.05) is 37.3 Å². The number of para-hydroxylation sites is 1. The Bertz CT molecular complexity index is 857. The first kappa shape index (κ1) is 18.0. The molecule has 2 aromatic carbocycles. The van der Waals surface area contributed by atoms with Gasteiger partial charge in [0.1, 0.15) is 22.9 Å². The number of amides is 1. The van der Waals surface area contributed by atoms with Gasteiger partial charge < -0.3 is 14.1 Å². The fourth-order valence-corrected chi connectivity index (χ4v) is 2.76. The second kappa shape index (κ2) is 8.04. The van der Waals surface area contributed by atoms with Gasteiger partial charge in [0.05, 0.1) is 12.6 Å². The molecule has 5 heteroatoms. The summed E-state index contributed by atoms with van der Waals surface area (Å²) in [6, 6.07) is 15.6. The molecule has 3 aromatic rings. The van der Waals surface area contributed by atoms with Crippen molar-refractivity contribution in [1.29, 1.82) is 0 Å². The maximum atomic E-state index is 13.1. The standard InChI is InChI=1S/C21H22FNO3/c1-15(20-13-16-7-3-4-10-19(16)26-20)23(2)21(24)11-6-12-25-18-9-5-8-17(22)14-18/h3-5,7-10,13-15H,6,11-12H2,1-2H3. The Morgan fingerprint density at radius 3 is 2.77 bits per heavy atom. The molecule has 1 heterocycles. The smallest absolute Gasteiger partial charge is 0.223 e. The van der Waals surface area contributed by atoms with Crippen LogP contribution in [0, 0.1) is 5.82 Å². The average Bonchev–Trinajstić information content (AvgIpc) is 3.08. The first-order chi connectivity index (χ1) is 12.5. The highest BCUT2D eigenvalue weighted by molar-refractivity contribution is 5.79. The normalized spacial score (nSPS) is 12.1. The topological polar surface area (TPSA) is 42.7 Å². The minimum atomic E-state index is -0.335. The Labute approximate surface area is 152 Å². The number of rotatable bonds is 7. The van der Waals surface area contributed by atoms with Crippen LogP contribution in [-0.4, -0.2) is 24.5 Å². The van der Waals surface area contributed by atoms with E-state index in [0.717, 1.165) is 16.7 Å². The van der Waals surface area contributed by atoms with Gasteiger partial charge in [0.2, 0.25) is 5.91 Å². The first-order valence-electron chi connectivity index (χ1n) is 8.67. The first-order valence-corrected chi connectivity index (χ1v) is 8.67. The number of hydrogen-bond acceptors (Lipinski definition) is 3. The molecular formula is C21H22FNO3. The molecule has 0 radical (unpaired) electrons. The maximum Gasteiger partial charge on any atom is 0.223 e. The van der Waals surface area contributed by atoms with E-state index in [9.17, 15) is 9.18 Å². The number of carbonyl (C=O) groups is 1. The van der Waals surface area contributed by atoms with Crippen LogP contribution in [-0.2, 0) is 4.79 Å². The predicted molar refractivity (Wildman–Crippen MR) is 98.5 cm³/mol. The molecule has 0 N–H and O–H groups in total. The molecule has 0 aliphatic heterocycles. The van der Waals surface area contributed by atoms with Crippen LogP contribution in [0.4, 0.5) is 4.39 Å². The van der Waals surface area contributed by atoms with Gasteiger partial charge >= 0.3 is 0 Å². The van der Waals surface area contributed by atoms with E-state index >= 15 is 0 Å². The lowest BCUT2D eigenvalue weighted by molar-refractivity contribution is -0.132. The molecule has 0 saturated carbocycles. The molecule has 1 unspecified atom stereocenters. The number of fused-ring (bicyclic) bond motifs is 1. The zero-order valence-electron chi connectivity index (χ0n) is 14.9. The van der Waals surface area contributed by atoms with Gasteiger partial charge in [0.25, 0.3) is 0 Å². The monoisotopic (exact) mass is 355 g/mol. The van der Waals surface area contributed by atoms with Crippen LogP contribution in [0.3, 0.4) is 0 Å². The Morgan fingerprint density at radius 1 is 1.19 bits per heavy atom. The van der Waals surface area contributed by atoms with Crippen LogP contribution in [0.1, 0.15) is 31.6 Å². The molecule has 4 nitrogen and oxygen atoms in total. The maximum absolute atomic E-state index is 13.1. The van der Waals surface area contributed by atoms with Gasteiger partial charge in [-0.3, -0.25) is 4.79 Å². The highest BCUT2D eigenvalue weighted by atomic mass is 19.1. The molecule has 0 saturated heterocycles. The van der Waals surface area contributed by atoms with Crippen molar-refractivity contribution in [1.82, 2.24) is 4.90 Å². The molecule has 26 heavy (non-hydrogen) atoms. The third-order valence-corrected chi connectivity index (χ3v) is 4.43. The van der Waals surface area contributed by atoms with Crippen molar-refractivity contribution in [2.75, 3.05) is 13.7 Å². The van der Waals surface area contributed by atoms with Crippen LogP contribution in [0.5, 0.6) is 5.75 Å². The molecule has 0 spiro atoms. The van der Waals surface area contributed by atoms with E-state index in [0.29, 0.717) is 25.2 Å². The van der Waals surface area contributed by atoms with E-state index in [1.54, 1.807) is 24.1 Å². The van der Waals surface area contributed by atoms with Crippen LogP contribution in [0.25, 0.3) is 11.0 Å². The molecule has 0 aliphatic carbocycles. The zero-order valence-corrected chi connectivity index (χ0v) is 14.9. The van der Waals surface area contributed by atoms with Crippen molar-refractivity contribution in [3.63, 3.8) is 0 Å². The fraction of sp³-hybridized carbons (Fsp3) is 0.286. The summed E-state index contributed by atoms with van der Waals surface area (Å²) in [5, 5.41) is 1.03. The largest absolute Gasteiger partial charge is 0.493 e. The summed E-state index contributed by atoms with van der Waals surface area (Å²) in [7, 11) is 1.77. The predicted octanol–water partition coefficient (Wildman–Crippen LogP) is 4.95. The molecule has 0 aliphatic rings. The van der Waals surface area contributed by atoms with E-state index in [-0.39, 0.29) is 17.8 Å².